The Morgan fingerprint density at radius 1 is 1.18 bits per heavy atom. The quantitative estimate of drug-likeness (QED) is 0.616. The number of nitrogens with zero attached hydrogens (tertiary/aromatic N) is 1. The lowest BCUT2D eigenvalue weighted by Gasteiger charge is -2.38. The second kappa shape index (κ2) is 9.17. The number of carbonyl (C=O) groups excluding carboxylic acids is 2. The maximum Gasteiger partial charge on any atom is 0.407 e. The van der Waals surface area contributed by atoms with Crippen LogP contribution in [0.25, 0.3) is 10.9 Å². The maximum atomic E-state index is 14.1. The summed E-state index contributed by atoms with van der Waals surface area (Å²) in [7, 11) is -1.42. The second-order valence-corrected chi connectivity index (χ2v) is 11.3. The number of fused-ring (bicyclic) bond motifs is 1. The lowest BCUT2D eigenvalue weighted by molar-refractivity contribution is 0.0517. The number of esters is 1. The molecule has 0 bridgehead atoms. The van der Waals surface area contributed by atoms with E-state index in [1.54, 1.807) is 64.1 Å². The van der Waals surface area contributed by atoms with Crippen molar-refractivity contribution in [2.45, 2.75) is 38.0 Å². The van der Waals surface area contributed by atoms with Gasteiger partial charge in [-0.25, -0.2) is 22.0 Å². The van der Waals surface area contributed by atoms with Gasteiger partial charge in [0, 0.05) is 24.0 Å². The van der Waals surface area contributed by atoms with Gasteiger partial charge >= 0.3 is 12.1 Å². The normalized spacial score (nSPS) is 20.5. The molecule has 1 amide bonds. The summed E-state index contributed by atoms with van der Waals surface area (Å²) < 4.78 is 43.3. The predicted molar refractivity (Wildman–Crippen MR) is 128 cm³/mol. The molecule has 0 aliphatic heterocycles. The lowest BCUT2D eigenvalue weighted by Crippen LogP contribution is -2.52. The van der Waals surface area contributed by atoms with Crippen molar-refractivity contribution in [1.82, 2.24) is 9.29 Å². The Morgan fingerprint density at radius 2 is 1.88 bits per heavy atom. The monoisotopic (exact) mass is 490 g/mol. The highest BCUT2D eigenvalue weighted by Crippen LogP contribution is 2.40. The minimum absolute atomic E-state index is 0.00747. The number of hydrogen-bond acceptors (Lipinski definition) is 7. The van der Waals surface area contributed by atoms with Gasteiger partial charge in [-0.15, -0.1) is 0 Å². The third-order valence-electron chi connectivity index (χ3n) is 5.74. The third-order valence-corrected chi connectivity index (χ3v) is 8.16. The molecule has 1 heterocycles. The molecule has 34 heavy (non-hydrogen) atoms. The van der Waals surface area contributed by atoms with Gasteiger partial charge in [-0.3, -0.25) is 0 Å². The van der Waals surface area contributed by atoms with E-state index in [0.717, 1.165) is 0 Å². The summed E-state index contributed by atoms with van der Waals surface area (Å²) >= 11 is 0. The van der Waals surface area contributed by atoms with Gasteiger partial charge in [-0.05, 0) is 58.0 Å². The Kier molecular flexibility index (Phi) is 6.84. The number of ether oxygens (including phenoxy) is 3. The molecule has 1 N–H and O–H groups in total. The van der Waals surface area contributed by atoms with Crippen LogP contribution in [0.4, 0.5) is 4.79 Å². The Bertz CT molecular complexity index is 1270. The van der Waals surface area contributed by atoms with Gasteiger partial charge in [0.15, 0.2) is 4.75 Å². The van der Waals surface area contributed by atoms with Crippen molar-refractivity contribution >= 4 is 33.0 Å². The highest BCUT2D eigenvalue weighted by Gasteiger charge is 2.52. The summed E-state index contributed by atoms with van der Waals surface area (Å²) in [6, 6.07) is 6.26. The topological polar surface area (TPSA) is 113 Å². The SMILES string of the molecule is COC(=O)c1ccc2c(ccn2S(=O)(=O)C2(C)C(OC)=CC=CC2CNC(=O)OC(C)(C)C)c1. The molecule has 1 aromatic heterocycles. The van der Waals surface area contributed by atoms with Crippen LogP contribution in [0.2, 0.25) is 0 Å². The molecule has 1 aliphatic rings. The number of benzene rings is 1. The van der Waals surface area contributed by atoms with Crippen molar-refractivity contribution in [3.8, 4) is 0 Å². The number of aromatic nitrogens is 1. The average Bonchev–Trinajstić information content (AvgIpc) is 3.20. The molecule has 0 radical (unpaired) electrons. The highest BCUT2D eigenvalue weighted by molar-refractivity contribution is 7.91. The molecule has 9 nitrogen and oxygen atoms in total. The minimum Gasteiger partial charge on any atom is -0.499 e. The van der Waals surface area contributed by atoms with E-state index in [4.69, 9.17) is 14.2 Å². The van der Waals surface area contributed by atoms with Gasteiger partial charge in [0.2, 0.25) is 0 Å². The van der Waals surface area contributed by atoms with Crippen molar-refractivity contribution in [1.29, 1.82) is 0 Å². The number of rotatable bonds is 6. The van der Waals surface area contributed by atoms with Gasteiger partial charge in [0.25, 0.3) is 10.0 Å². The second-order valence-electron chi connectivity index (χ2n) is 9.10. The number of allylic oxidation sites excluding steroid dienone is 2. The third kappa shape index (κ3) is 4.54. The Balaban J connectivity index is 2.02. The van der Waals surface area contributed by atoms with E-state index in [0.29, 0.717) is 16.5 Å². The molecule has 1 aliphatic carbocycles. The Hall–Kier alpha value is -3.27. The number of hydrogen-bond donors (Lipinski definition) is 1. The fourth-order valence-electron chi connectivity index (χ4n) is 3.94. The van der Waals surface area contributed by atoms with Crippen LogP contribution in [-0.2, 0) is 24.2 Å². The number of nitrogens with one attached hydrogen (secondary N) is 1. The van der Waals surface area contributed by atoms with Crippen LogP contribution in [-0.4, -0.2) is 55.6 Å². The van der Waals surface area contributed by atoms with Crippen molar-refractivity contribution in [2.24, 2.45) is 5.92 Å². The van der Waals surface area contributed by atoms with Crippen LogP contribution in [0, 0.1) is 5.92 Å². The first-order chi connectivity index (χ1) is 15.8. The summed E-state index contributed by atoms with van der Waals surface area (Å²) in [4.78, 5) is 24.1. The largest absolute Gasteiger partial charge is 0.499 e. The van der Waals surface area contributed by atoms with Crippen LogP contribution in [0.15, 0.2) is 54.4 Å². The molecule has 3 rings (SSSR count). The van der Waals surface area contributed by atoms with Crippen molar-refractivity contribution in [3.05, 3.63) is 60.0 Å². The van der Waals surface area contributed by atoms with Crippen LogP contribution < -0.4 is 5.32 Å². The van der Waals surface area contributed by atoms with Crippen LogP contribution in [0.5, 0.6) is 0 Å². The number of methoxy groups -OCH3 is 2. The summed E-state index contributed by atoms with van der Waals surface area (Å²) in [5.74, 6) is -0.935. The molecule has 0 saturated carbocycles. The average molecular weight is 491 g/mol. The zero-order valence-electron chi connectivity index (χ0n) is 20.1. The first-order valence-corrected chi connectivity index (χ1v) is 12.1. The van der Waals surface area contributed by atoms with E-state index in [1.165, 1.54) is 30.5 Å². The van der Waals surface area contributed by atoms with E-state index in [2.05, 4.69) is 5.32 Å². The van der Waals surface area contributed by atoms with E-state index in [9.17, 15) is 18.0 Å². The van der Waals surface area contributed by atoms with Gasteiger partial charge in [-0.1, -0.05) is 12.2 Å². The zero-order chi connectivity index (χ0) is 25.3. The van der Waals surface area contributed by atoms with Gasteiger partial charge < -0.3 is 19.5 Å². The van der Waals surface area contributed by atoms with Crippen LogP contribution in [0.3, 0.4) is 0 Å². The van der Waals surface area contributed by atoms with Gasteiger partial charge in [0.05, 0.1) is 25.3 Å². The van der Waals surface area contributed by atoms with E-state index < -0.39 is 38.4 Å². The van der Waals surface area contributed by atoms with E-state index >= 15 is 0 Å². The zero-order valence-corrected chi connectivity index (χ0v) is 20.9. The summed E-state index contributed by atoms with van der Waals surface area (Å²) in [5, 5.41) is 3.23. The minimum atomic E-state index is -4.11. The highest BCUT2D eigenvalue weighted by atomic mass is 32.2. The van der Waals surface area contributed by atoms with Crippen molar-refractivity contribution < 1.29 is 32.2 Å². The number of amides is 1. The molecular weight excluding hydrogens is 460 g/mol. The fourth-order valence-corrected chi connectivity index (χ4v) is 5.95. The molecule has 10 heteroatoms. The lowest BCUT2D eigenvalue weighted by atomic mass is 9.87. The molecular formula is C24H30N2O7S. The molecule has 2 unspecified atom stereocenters. The first kappa shape index (κ1) is 25.4. The molecule has 0 spiro atoms. The van der Waals surface area contributed by atoms with Crippen molar-refractivity contribution in [3.63, 3.8) is 0 Å². The number of carbonyl (C=O) groups is 2. The van der Waals surface area contributed by atoms with Gasteiger partial charge in [0.1, 0.15) is 11.4 Å². The predicted octanol–water partition coefficient (Wildman–Crippen LogP) is 3.61. The summed E-state index contributed by atoms with van der Waals surface area (Å²) in [5.41, 5.74) is 0.0265. The van der Waals surface area contributed by atoms with E-state index in [1.807, 2.05) is 0 Å². The van der Waals surface area contributed by atoms with Crippen LogP contribution >= 0.6 is 0 Å². The maximum absolute atomic E-state index is 14.1. The van der Waals surface area contributed by atoms with Gasteiger partial charge in [-0.2, -0.15) is 0 Å². The summed E-state index contributed by atoms with van der Waals surface area (Å²) in [6.45, 7) is 6.81. The molecule has 0 fully saturated rings. The Morgan fingerprint density at radius 3 is 2.50 bits per heavy atom. The first-order valence-electron chi connectivity index (χ1n) is 10.7. The number of alkyl carbamates (subject to hydrolysis) is 1. The fraction of sp³-hybridized carbons (Fsp3) is 0.417. The van der Waals surface area contributed by atoms with E-state index in [-0.39, 0.29) is 12.3 Å². The van der Waals surface area contributed by atoms with Crippen LogP contribution in [0.1, 0.15) is 38.1 Å². The standard InChI is InChI=1S/C24H30N2O7S/c1-23(2,3)33-22(28)25-15-18-8-7-9-20(31-5)24(18,4)34(29,30)26-13-12-16-14-17(21(27)32-6)10-11-19(16)26/h7-14,18H,15H2,1-6H3,(H,25,28). The molecule has 2 atom stereocenters. The summed E-state index contributed by atoms with van der Waals surface area (Å²) in [6.07, 6.45) is 5.82. The molecule has 2 aromatic rings. The smallest absolute Gasteiger partial charge is 0.407 e. The Labute approximate surface area is 199 Å². The molecule has 184 valence electrons. The van der Waals surface area contributed by atoms with Crippen molar-refractivity contribution in [2.75, 3.05) is 20.8 Å². The molecule has 1 aromatic carbocycles. The molecule has 0 saturated heterocycles.